The Hall–Kier alpha value is -0.940. The standard InChI is InChI=1S/C25H35ClO5/c1-5-21(29)31-24(19(28)13-26)14(2)10-18-17-7-6-15-11-16(27)8-9-22(15,3)25(17)20(30-25)12-23(18,24)4/h14-15,17-18,20H,5-13H2,1-4H3/t14-,15-,17-,18-,20?,22-,23-,24-,25-/m0/s1. The Kier molecular flexibility index (Phi) is 4.79. The molecule has 0 bridgehead atoms. The van der Waals surface area contributed by atoms with Gasteiger partial charge in [0.2, 0.25) is 0 Å². The maximum absolute atomic E-state index is 13.4. The van der Waals surface area contributed by atoms with Crippen LogP contribution in [0.1, 0.15) is 79.1 Å². The molecule has 5 rings (SSSR count). The molecular weight excluding hydrogens is 416 g/mol. The number of ketones is 2. The molecule has 4 aliphatic carbocycles. The van der Waals surface area contributed by atoms with Gasteiger partial charge in [0.25, 0.3) is 0 Å². The summed E-state index contributed by atoms with van der Waals surface area (Å²) in [5.74, 6) is 0.650. The van der Waals surface area contributed by atoms with Gasteiger partial charge in [-0.1, -0.05) is 27.7 Å². The van der Waals surface area contributed by atoms with Crippen LogP contribution in [-0.4, -0.2) is 40.7 Å². The Morgan fingerprint density at radius 1 is 1.19 bits per heavy atom. The van der Waals surface area contributed by atoms with Crippen LogP contribution in [0, 0.1) is 34.5 Å². The number of hydrogen-bond donors (Lipinski definition) is 0. The van der Waals surface area contributed by atoms with E-state index < -0.39 is 11.0 Å². The van der Waals surface area contributed by atoms with E-state index in [0.29, 0.717) is 36.9 Å². The van der Waals surface area contributed by atoms with Crippen molar-refractivity contribution in [3.63, 3.8) is 0 Å². The molecule has 1 aliphatic heterocycles. The molecule has 5 aliphatic rings. The number of halogens is 1. The number of carbonyl (C=O) groups excluding carboxylic acids is 3. The zero-order valence-corrected chi connectivity index (χ0v) is 19.9. The lowest BCUT2D eigenvalue weighted by molar-refractivity contribution is -0.193. The summed E-state index contributed by atoms with van der Waals surface area (Å²) in [7, 11) is 0. The summed E-state index contributed by atoms with van der Waals surface area (Å²) in [5.41, 5.74) is -1.83. The molecule has 0 radical (unpaired) electrons. The largest absolute Gasteiger partial charge is 0.450 e. The lowest BCUT2D eigenvalue weighted by atomic mass is 9.44. The van der Waals surface area contributed by atoms with Crippen molar-refractivity contribution in [2.24, 2.45) is 34.5 Å². The molecule has 4 saturated carbocycles. The number of esters is 1. The zero-order chi connectivity index (χ0) is 22.4. The molecule has 6 heteroatoms. The summed E-state index contributed by atoms with van der Waals surface area (Å²) >= 11 is 6.11. The van der Waals surface area contributed by atoms with Gasteiger partial charge in [-0.25, -0.2) is 0 Å². The second-order valence-corrected chi connectivity index (χ2v) is 11.7. The summed E-state index contributed by atoms with van der Waals surface area (Å²) in [4.78, 5) is 38.1. The lowest BCUT2D eigenvalue weighted by Gasteiger charge is -2.59. The van der Waals surface area contributed by atoms with E-state index in [1.807, 2.05) is 0 Å². The molecule has 0 amide bonds. The van der Waals surface area contributed by atoms with Crippen molar-refractivity contribution in [1.29, 1.82) is 0 Å². The first-order chi connectivity index (χ1) is 14.6. The van der Waals surface area contributed by atoms with Crippen molar-refractivity contribution < 1.29 is 23.9 Å². The highest BCUT2D eigenvalue weighted by atomic mass is 35.5. The van der Waals surface area contributed by atoms with Crippen LogP contribution in [0.2, 0.25) is 0 Å². The molecule has 0 aromatic heterocycles. The van der Waals surface area contributed by atoms with Gasteiger partial charge in [-0.2, -0.15) is 0 Å². The first-order valence-electron chi connectivity index (χ1n) is 12.1. The van der Waals surface area contributed by atoms with E-state index in [9.17, 15) is 14.4 Å². The van der Waals surface area contributed by atoms with E-state index in [2.05, 4.69) is 20.8 Å². The van der Waals surface area contributed by atoms with E-state index in [0.717, 1.165) is 25.7 Å². The normalized spacial score (nSPS) is 52.4. The maximum atomic E-state index is 13.4. The number of rotatable bonds is 4. The van der Waals surface area contributed by atoms with Gasteiger partial charge < -0.3 is 9.47 Å². The van der Waals surface area contributed by atoms with Crippen molar-refractivity contribution in [1.82, 2.24) is 0 Å². The maximum Gasteiger partial charge on any atom is 0.306 e. The summed E-state index contributed by atoms with van der Waals surface area (Å²) in [6.07, 6.45) is 6.16. The molecule has 9 atom stereocenters. The predicted molar refractivity (Wildman–Crippen MR) is 116 cm³/mol. The van der Waals surface area contributed by atoms with Crippen LogP contribution >= 0.6 is 11.6 Å². The van der Waals surface area contributed by atoms with E-state index in [1.54, 1.807) is 6.92 Å². The fourth-order valence-corrected chi connectivity index (χ4v) is 9.24. The van der Waals surface area contributed by atoms with Gasteiger partial charge in [0.1, 0.15) is 11.4 Å². The first kappa shape index (κ1) is 21.9. The number of alkyl halides is 1. The first-order valence-corrected chi connectivity index (χ1v) is 12.6. The quantitative estimate of drug-likeness (QED) is 0.359. The minimum atomic E-state index is -1.18. The third-order valence-electron chi connectivity index (χ3n) is 10.5. The van der Waals surface area contributed by atoms with Crippen molar-refractivity contribution in [3.05, 3.63) is 0 Å². The Morgan fingerprint density at radius 2 is 1.94 bits per heavy atom. The van der Waals surface area contributed by atoms with Crippen LogP contribution < -0.4 is 0 Å². The Morgan fingerprint density at radius 3 is 2.61 bits per heavy atom. The van der Waals surface area contributed by atoms with Gasteiger partial charge in [-0.15, -0.1) is 11.6 Å². The Bertz CT molecular complexity index is 842. The van der Waals surface area contributed by atoms with Gasteiger partial charge in [0, 0.05) is 36.0 Å². The van der Waals surface area contributed by atoms with Crippen LogP contribution in [0.4, 0.5) is 0 Å². The fourth-order valence-electron chi connectivity index (χ4n) is 9.04. The van der Waals surface area contributed by atoms with Crippen LogP contribution in [0.3, 0.4) is 0 Å². The second-order valence-electron chi connectivity index (χ2n) is 11.4. The van der Waals surface area contributed by atoms with Gasteiger partial charge in [0.05, 0.1) is 12.0 Å². The molecule has 1 unspecified atom stereocenters. The third-order valence-corrected chi connectivity index (χ3v) is 10.7. The minimum Gasteiger partial charge on any atom is -0.450 e. The van der Waals surface area contributed by atoms with E-state index in [1.165, 1.54) is 0 Å². The highest BCUT2D eigenvalue weighted by molar-refractivity contribution is 6.29. The SMILES string of the molecule is CCC(=O)O[C@]1(C(=O)CCl)[C@@H](C)C[C@H]2[C@@H]3CC[C@H]4CC(=O)CC[C@]4(C)[C@]34OC4C[C@@]21C. The number of epoxide rings is 1. The predicted octanol–water partition coefficient (Wildman–Crippen LogP) is 4.48. The minimum absolute atomic E-state index is 0.0148. The Balaban J connectivity index is 1.57. The summed E-state index contributed by atoms with van der Waals surface area (Å²) in [5, 5.41) is 0. The summed E-state index contributed by atoms with van der Waals surface area (Å²) in [6, 6.07) is 0. The highest BCUT2D eigenvalue weighted by Crippen LogP contribution is 2.77. The molecule has 172 valence electrons. The molecule has 1 spiro atoms. The van der Waals surface area contributed by atoms with Crippen LogP contribution in [-0.2, 0) is 23.9 Å². The molecule has 1 heterocycles. The van der Waals surface area contributed by atoms with Crippen LogP contribution in [0.15, 0.2) is 0 Å². The topological polar surface area (TPSA) is 73.0 Å². The third kappa shape index (κ3) is 2.46. The molecule has 5 nitrogen and oxygen atoms in total. The molecule has 0 N–H and O–H groups in total. The Labute approximate surface area is 189 Å². The molecule has 31 heavy (non-hydrogen) atoms. The van der Waals surface area contributed by atoms with Gasteiger partial charge >= 0.3 is 5.97 Å². The molecule has 0 aromatic rings. The monoisotopic (exact) mass is 450 g/mol. The van der Waals surface area contributed by atoms with Crippen molar-refractivity contribution >= 4 is 29.1 Å². The number of fused-ring (bicyclic) bond motifs is 3. The van der Waals surface area contributed by atoms with Gasteiger partial charge in [-0.05, 0) is 49.9 Å². The molecule has 5 fully saturated rings. The number of Topliss-reactive ketones (excluding diaryl/α,β-unsaturated/α-hetero) is 2. The average molecular weight is 451 g/mol. The average Bonchev–Trinajstić information content (AvgIpc) is 3.41. The fraction of sp³-hybridized carbons (Fsp3) is 0.880. The highest BCUT2D eigenvalue weighted by Gasteiger charge is 2.83. The van der Waals surface area contributed by atoms with E-state index >= 15 is 0 Å². The van der Waals surface area contributed by atoms with Crippen LogP contribution in [0.25, 0.3) is 0 Å². The van der Waals surface area contributed by atoms with E-state index in [4.69, 9.17) is 21.1 Å². The van der Waals surface area contributed by atoms with Crippen molar-refractivity contribution in [3.8, 4) is 0 Å². The van der Waals surface area contributed by atoms with Gasteiger partial charge in [-0.3, -0.25) is 14.4 Å². The van der Waals surface area contributed by atoms with Gasteiger partial charge in [0.15, 0.2) is 11.4 Å². The summed E-state index contributed by atoms with van der Waals surface area (Å²) in [6.45, 7) is 8.33. The summed E-state index contributed by atoms with van der Waals surface area (Å²) < 4.78 is 12.8. The molecule has 1 saturated heterocycles. The van der Waals surface area contributed by atoms with Crippen molar-refractivity contribution in [2.45, 2.75) is 96.4 Å². The zero-order valence-electron chi connectivity index (χ0n) is 19.2. The lowest BCUT2D eigenvalue weighted by Crippen LogP contribution is -2.64. The number of ether oxygens (including phenoxy) is 2. The number of hydrogen-bond acceptors (Lipinski definition) is 5. The molecule has 0 aromatic carbocycles. The second kappa shape index (κ2) is 6.79. The molecular formula is C25H35ClO5. The smallest absolute Gasteiger partial charge is 0.306 e. The number of carbonyl (C=O) groups is 3. The van der Waals surface area contributed by atoms with Crippen LogP contribution in [0.5, 0.6) is 0 Å². The van der Waals surface area contributed by atoms with E-state index in [-0.39, 0.29) is 53.0 Å². The van der Waals surface area contributed by atoms with Crippen molar-refractivity contribution in [2.75, 3.05) is 5.88 Å².